The van der Waals surface area contributed by atoms with Crippen LogP contribution in [0.2, 0.25) is 0 Å². The number of hydrogen-bond donors (Lipinski definition) is 0. The Bertz CT molecular complexity index is 1190. The van der Waals surface area contributed by atoms with Crippen molar-refractivity contribution in [1.29, 1.82) is 0 Å². The van der Waals surface area contributed by atoms with Crippen LogP contribution in [0.25, 0.3) is 6.08 Å². The fourth-order valence-corrected chi connectivity index (χ4v) is 4.76. The van der Waals surface area contributed by atoms with Crippen molar-refractivity contribution in [2.45, 2.75) is 13.8 Å². The second-order valence-electron chi connectivity index (χ2n) is 6.89. The molecule has 0 aromatic heterocycles. The molecule has 0 unspecified atom stereocenters. The number of ether oxygens (including phenoxy) is 3. The third kappa shape index (κ3) is 6.12. The molecule has 2 aromatic carbocycles. The minimum Gasteiger partial charge on any atom is -0.490 e. The molecule has 1 saturated heterocycles. The minimum atomic E-state index is -0.383. The maximum absolute atomic E-state index is 12.8. The fourth-order valence-electron chi connectivity index (χ4n) is 2.99. The first kappa shape index (κ1) is 25.6. The third-order valence-electron chi connectivity index (χ3n) is 4.54. The van der Waals surface area contributed by atoms with Gasteiger partial charge in [0.25, 0.3) is 5.91 Å². The van der Waals surface area contributed by atoms with Crippen LogP contribution in [0.4, 0.5) is 5.69 Å². The summed E-state index contributed by atoms with van der Waals surface area (Å²) < 4.78 is 17.2. The van der Waals surface area contributed by atoms with E-state index in [4.69, 9.17) is 20.6 Å². The Kier molecular flexibility index (Phi) is 9.01. The van der Waals surface area contributed by atoms with E-state index in [9.17, 15) is 9.59 Å². The van der Waals surface area contributed by atoms with Gasteiger partial charge in [0.2, 0.25) is 0 Å². The summed E-state index contributed by atoms with van der Waals surface area (Å²) in [7, 11) is 1.67. The highest BCUT2D eigenvalue weighted by atomic mass is 127. The van der Waals surface area contributed by atoms with Crippen molar-refractivity contribution in [3.63, 3.8) is 0 Å². The monoisotopic (exact) mass is 590 g/mol. The number of aliphatic imine (C=N–C) groups is 1. The maximum Gasteiger partial charge on any atom is 0.338 e. The van der Waals surface area contributed by atoms with E-state index < -0.39 is 0 Å². The third-order valence-corrected chi connectivity index (χ3v) is 6.40. The molecule has 1 amide bonds. The molecule has 0 atom stereocenters. The zero-order valence-corrected chi connectivity index (χ0v) is 21.9. The molecule has 1 fully saturated rings. The first-order valence-corrected chi connectivity index (χ1v) is 12.3. The standard InChI is InChI=1S/C25H23IN2O5S/c1-5-12-33-22-19(26)13-16(14-20(22)31-6-2)15-21-23(29)28(4)25(34-21)27-18-10-8-17(9-11-18)24(30)32-7-3/h1,8-11,13-15H,6-7,12H2,2-4H3. The zero-order chi connectivity index (χ0) is 24.7. The van der Waals surface area contributed by atoms with E-state index in [1.54, 1.807) is 44.3 Å². The van der Waals surface area contributed by atoms with Gasteiger partial charge in [-0.25, -0.2) is 9.79 Å². The van der Waals surface area contributed by atoms with Crippen molar-refractivity contribution >= 4 is 63.2 Å². The van der Waals surface area contributed by atoms with Gasteiger partial charge in [-0.2, -0.15) is 0 Å². The molecule has 0 bridgehead atoms. The van der Waals surface area contributed by atoms with Gasteiger partial charge in [-0.3, -0.25) is 9.69 Å². The van der Waals surface area contributed by atoms with E-state index in [1.165, 1.54) is 16.7 Å². The quantitative estimate of drug-likeness (QED) is 0.184. The summed E-state index contributed by atoms with van der Waals surface area (Å²) in [5.41, 5.74) is 1.87. The van der Waals surface area contributed by atoms with Gasteiger partial charge in [-0.05, 0) is 96.2 Å². The number of thioether (sulfide) groups is 1. The summed E-state index contributed by atoms with van der Waals surface area (Å²) in [6, 6.07) is 10.4. The van der Waals surface area contributed by atoms with Crippen LogP contribution in [0.1, 0.15) is 29.8 Å². The van der Waals surface area contributed by atoms with E-state index in [0.29, 0.717) is 46.0 Å². The van der Waals surface area contributed by atoms with Gasteiger partial charge in [-0.15, -0.1) is 6.42 Å². The molecule has 3 rings (SSSR count). The van der Waals surface area contributed by atoms with Crippen molar-refractivity contribution in [3.05, 3.63) is 56.0 Å². The van der Waals surface area contributed by atoms with Gasteiger partial charge in [0.05, 0.1) is 32.9 Å². The molecule has 9 heteroatoms. The smallest absolute Gasteiger partial charge is 0.338 e. The van der Waals surface area contributed by atoms with E-state index in [-0.39, 0.29) is 18.5 Å². The van der Waals surface area contributed by atoms with Crippen LogP contribution < -0.4 is 9.47 Å². The van der Waals surface area contributed by atoms with Gasteiger partial charge >= 0.3 is 5.97 Å². The lowest BCUT2D eigenvalue weighted by atomic mass is 10.2. The van der Waals surface area contributed by atoms with E-state index in [0.717, 1.165) is 9.13 Å². The second kappa shape index (κ2) is 11.9. The van der Waals surface area contributed by atoms with Crippen LogP contribution in [0, 0.1) is 15.9 Å². The summed E-state index contributed by atoms with van der Waals surface area (Å²) >= 11 is 3.43. The van der Waals surface area contributed by atoms with Crippen LogP contribution in [0.3, 0.4) is 0 Å². The van der Waals surface area contributed by atoms with Gasteiger partial charge in [0.15, 0.2) is 16.7 Å². The summed E-state index contributed by atoms with van der Waals surface area (Å²) in [5.74, 6) is 3.06. The Labute approximate surface area is 216 Å². The molecule has 7 nitrogen and oxygen atoms in total. The summed E-state index contributed by atoms with van der Waals surface area (Å²) in [5, 5.41) is 0.536. The largest absolute Gasteiger partial charge is 0.490 e. The molecule has 1 heterocycles. The molecule has 1 aliphatic rings. The van der Waals surface area contributed by atoms with Gasteiger partial charge < -0.3 is 14.2 Å². The van der Waals surface area contributed by atoms with E-state index in [2.05, 4.69) is 33.5 Å². The lowest BCUT2D eigenvalue weighted by molar-refractivity contribution is -0.121. The highest BCUT2D eigenvalue weighted by Crippen LogP contribution is 2.37. The number of carbonyl (C=O) groups excluding carboxylic acids is 2. The van der Waals surface area contributed by atoms with Gasteiger partial charge in [0.1, 0.15) is 6.61 Å². The second-order valence-corrected chi connectivity index (χ2v) is 9.06. The normalized spacial score (nSPS) is 15.5. The van der Waals surface area contributed by atoms with E-state index >= 15 is 0 Å². The van der Waals surface area contributed by atoms with Crippen molar-refractivity contribution in [2.75, 3.05) is 26.9 Å². The van der Waals surface area contributed by atoms with Crippen LogP contribution in [0.5, 0.6) is 11.5 Å². The number of esters is 1. The molecule has 0 radical (unpaired) electrons. The zero-order valence-electron chi connectivity index (χ0n) is 19.0. The Morgan fingerprint density at radius 1 is 1.21 bits per heavy atom. The molecule has 34 heavy (non-hydrogen) atoms. The molecule has 0 aliphatic carbocycles. The number of terminal acetylenes is 1. The predicted molar refractivity (Wildman–Crippen MR) is 142 cm³/mol. The van der Waals surface area contributed by atoms with Crippen LogP contribution in [-0.4, -0.2) is 48.8 Å². The van der Waals surface area contributed by atoms with Crippen molar-refractivity contribution in [1.82, 2.24) is 4.90 Å². The SMILES string of the molecule is C#CCOc1c(I)cc(C=C2SC(=Nc3ccc(C(=O)OCC)cc3)N(C)C2=O)cc1OCC. The Morgan fingerprint density at radius 2 is 1.94 bits per heavy atom. The molecule has 0 saturated carbocycles. The highest BCUT2D eigenvalue weighted by molar-refractivity contribution is 14.1. The number of carbonyl (C=O) groups is 2. The predicted octanol–water partition coefficient (Wildman–Crippen LogP) is 5.11. The average molecular weight is 590 g/mol. The maximum atomic E-state index is 12.8. The number of nitrogens with zero attached hydrogens (tertiary/aromatic N) is 2. The first-order valence-electron chi connectivity index (χ1n) is 10.4. The summed E-state index contributed by atoms with van der Waals surface area (Å²) in [4.78, 5) is 31.3. The summed E-state index contributed by atoms with van der Waals surface area (Å²) in [6.07, 6.45) is 7.11. The minimum absolute atomic E-state index is 0.135. The number of halogens is 1. The Hall–Kier alpha value is -2.97. The van der Waals surface area contributed by atoms with Gasteiger partial charge in [0, 0.05) is 7.05 Å². The van der Waals surface area contributed by atoms with E-state index in [1.807, 2.05) is 19.1 Å². The molecule has 176 valence electrons. The molecule has 0 N–H and O–H groups in total. The van der Waals surface area contributed by atoms with Crippen LogP contribution in [-0.2, 0) is 9.53 Å². The van der Waals surface area contributed by atoms with Crippen molar-refractivity contribution in [2.24, 2.45) is 4.99 Å². The molecular formula is C25H23IN2O5S. The fraction of sp³-hybridized carbons (Fsp3) is 0.240. The van der Waals surface area contributed by atoms with Crippen LogP contribution in [0.15, 0.2) is 46.3 Å². The summed E-state index contributed by atoms with van der Waals surface area (Å²) in [6.45, 7) is 4.55. The Balaban J connectivity index is 1.85. The topological polar surface area (TPSA) is 77.4 Å². The number of rotatable bonds is 8. The number of benzene rings is 2. The lowest BCUT2D eigenvalue weighted by Gasteiger charge is -2.13. The van der Waals surface area contributed by atoms with Crippen molar-refractivity contribution < 1.29 is 23.8 Å². The van der Waals surface area contributed by atoms with Gasteiger partial charge in [-0.1, -0.05) is 5.92 Å². The number of hydrogen-bond acceptors (Lipinski definition) is 7. The first-order chi connectivity index (χ1) is 16.4. The number of amidine groups is 1. The average Bonchev–Trinajstić information content (AvgIpc) is 3.07. The Morgan fingerprint density at radius 3 is 2.59 bits per heavy atom. The molecule has 2 aromatic rings. The lowest BCUT2D eigenvalue weighted by Crippen LogP contribution is -2.23. The molecular weight excluding hydrogens is 567 g/mol. The number of likely N-dealkylation sites (N-methyl/N-ethyl adjacent to an activating group) is 1. The molecule has 0 spiro atoms. The number of amides is 1. The van der Waals surface area contributed by atoms with Crippen molar-refractivity contribution in [3.8, 4) is 23.8 Å². The highest BCUT2D eigenvalue weighted by Gasteiger charge is 2.30. The van der Waals surface area contributed by atoms with Crippen LogP contribution >= 0.6 is 34.4 Å². The molecule has 1 aliphatic heterocycles.